The lowest BCUT2D eigenvalue weighted by molar-refractivity contribution is 0.178. The van der Waals surface area contributed by atoms with E-state index in [1.165, 1.54) is 0 Å². The van der Waals surface area contributed by atoms with Gasteiger partial charge in [-0.15, -0.1) is 10.2 Å². The highest BCUT2D eigenvalue weighted by molar-refractivity contribution is 5.47. The summed E-state index contributed by atoms with van der Waals surface area (Å²) in [6.07, 6.45) is 1.66. The fourth-order valence-electron chi connectivity index (χ4n) is 1.55. The lowest BCUT2D eigenvalue weighted by Gasteiger charge is -2.09. The molecule has 8 heteroatoms. The zero-order valence-electron chi connectivity index (χ0n) is 11.2. The molecule has 0 spiro atoms. The molecule has 0 saturated carbocycles. The average Bonchev–Trinajstić information content (AvgIpc) is 2.82. The molecule has 2 aromatic heterocycles. The van der Waals surface area contributed by atoms with E-state index in [9.17, 15) is 0 Å². The van der Waals surface area contributed by atoms with Gasteiger partial charge in [-0.2, -0.15) is 0 Å². The Bertz CT molecular complexity index is 540. The van der Waals surface area contributed by atoms with Crippen molar-refractivity contribution in [2.75, 3.05) is 24.8 Å². The third-order valence-electron chi connectivity index (χ3n) is 2.53. The minimum Gasteiger partial charge on any atom is -0.377 e. The van der Waals surface area contributed by atoms with Crippen LogP contribution in [0.4, 0.5) is 11.6 Å². The Morgan fingerprint density at radius 3 is 2.74 bits per heavy atom. The fraction of sp³-hybridized carbons (Fsp3) is 0.455. The number of aryl methyl sites for hydroxylation is 1. The van der Waals surface area contributed by atoms with Crippen LogP contribution in [0.2, 0.25) is 0 Å². The smallest absolute Gasteiger partial charge is 0.158 e. The van der Waals surface area contributed by atoms with Crippen molar-refractivity contribution in [1.29, 1.82) is 0 Å². The summed E-state index contributed by atoms with van der Waals surface area (Å²) in [6, 6.07) is 1.83. The molecule has 0 aliphatic rings. The van der Waals surface area contributed by atoms with Crippen LogP contribution in [-0.4, -0.2) is 38.9 Å². The number of aromatic nitrogens is 5. The van der Waals surface area contributed by atoms with Crippen LogP contribution in [0.3, 0.4) is 0 Å². The summed E-state index contributed by atoms with van der Waals surface area (Å²) >= 11 is 0. The zero-order chi connectivity index (χ0) is 13.7. The van der Waals surface area contributed by atoms with Crippen molar-refractivity contribution >= 4 is 11.6 Å². The second-order valence-corrected chi connectivity index (χ2v) is 3.95. The SMILES string of the molecule is CNc1cc(NCc2nncn2C)nc(COC)n1. The maximum atomic E-state index is 5.04. The second kappa shape index (κ2) is 6.10. The van der Waals surface area contributed by atoms with Crippen LogP contribution in [0.5, 0.6) is 0 Å². The highest BCUT2D eigenvalue weighted by Crippen LogP contribution is 2.12. The van der Waals surface area contributed by atoms with Crippen LogP contribution >= 0.6 is 0 Å². The molecule has 2 N–H and O–H groups in total. The average molecular weight is 263 g/mol. The second-order valence-electron chi connectivity index (χ2n) is 3.95. The summed E-state index contributed by atoms with van der Waals surface area (Å²) in [6.45, 7) is 0.914. The molecule has 0 aromatic carbocycles. The molecule has 0 aliphatic heterocycles. The molecule has 0 atom stereocenters. The van der Waals surface area contributed by atoms with Crippen molar-refractivity contribution in [2.45, 2.75) is 13.2 Å². The first-order chi connectivity index (χ1) is 9.22. The summed E-state index contributed by atoms with van der Waals surface area (Å²) in [5.74, 6) is 2.91. The highest BCUT2D eigenvalue weighted by Gasteiger charge is 2.05. The first kappa shape index (κ1) is 13.2. The summed E-state index contributed by atoms with van der Waals surface area (Å²) in [4.78, 5) is 8.64. The predicted molar refractivity (Wildman–Crippen MR) is 70.6 cm³/mol. The standard InChI is InChI=1S/C11H17N7O/c1-12-8-4-9(16-10(15-8)6-19-3)13-5-11-17-14-7-18(11)2/h4,7H,5-6H2,1-3H3,(H2,12,13,15,16). The van der Waals surface area contributed by atoms with E-state index in [1.54, 1.807) is 13.4 Å². The van der Waals surface area contributed by atoms with Crippen LogP contribution < -0.4 is 10.6 Å². The van der Waals surface area contributed by atoms with Crippen molar-refractivity contribution < 1.29 is 4.74 Å². The van der Waals surface area contributed by atoms with E-state index in [0.717, 1.165) is 17.5 Å². The number of anilines is 2. The summed E-state index contributed by atoms with van der Waals surface area (Å²) in [5.41, 5.74) is 0. The molecule has 0 aliphatic carbocycles. The number of hydrogen-bond acceptors (Lipinski definition) is 7. The Morgan fingerprint density at radius 2 is 2.11 bits per heavy atom. The molecule has 0 saturated heterocycles. The topological polar surface area (TPSA) is 89.8 Å². The number of ether oxygens (including phenoxy) is 1. The Hall–Kier alpha value is -2.22. The molecule has 0 amide bonds. The molecule has 0 radical (unpaired) electrons. The Balaban J connectivity index is 2.10. The van der Waals surface area contributed by atoms with E-state index in [0.29, 0.717) is 19.0 Å². The molecular weight excluding hydrogens is 246 g/mol. The maximum absolute atomic E-state index is 5.04. The Morgan fingerprint density at radius 1 is 1.32 bits per heavy atom. The van der Waals surface area contributed by atoms with E-state index >= 15 is 0 Å². The molecule has 0 bridgehead atoms. The van der Waals surface area contributed by atoms with Gasteiger partial charge >= 0.3 is 0 Å². The third kappa shape index (κ3) is 3.38. The van der Waals surface area contributed by atoms with Crippen molar-refractivity contribution in [2.24, 2.45) is 7.05 Å². The van der Waals surface area contributed by atoms with Crippen LogP contribution in [0.15, 0.2) is 12.4 Å². The monoisotopic (exact) mass is 263 g/mol. The molecular formula is C11H17N7O. The predicted octanol–water partition coefficient (Wildman–Crippen LogP) is 0.405. The lowest BCUT2D eigenvalue weighted by Crippen LogP contribution is -2.09. The van der Waals surface area contributed by atoms with Crippen LogP contribution in [-0.2, 0) is 24.9 Å². The van der Waals surface area contributed by atoms with Gasteiger partial charge in [0, 0.05) is 27.3 Å². The summed E-state index contributed by atoms with van der Waals surface area (Å²) in [7, 11) is 5.32. The van der Waals surface area contributed by atoms with Crippen molar-refractivity contribution in [1.82, 2.24) is 24.7 Å². The molecule has 0 fully saturated rings. The normalized spacial score (nSPS) is 10.5. The van der Waals surface area contributed by atoms with Crippen LogP contribution in [0.1, 0.15) is 11.6 Å². The minimum atomic E-state index is 0.369. The molecule has 0 unspecified atom stereocenters. The Kier molecular flexibility index (Phi) is 4.24. The number of methoxy groups -OCH3 is 1. The highest BCUT2D eigenvalue weighted by atomic mass is 16.5. The van der Waals surface area contributed by atoms with Crippen LogP contribution in [0, 0.1) is 0 Å². The molecule has 19 heavy (non-hydrogen) atoms. The lowest BCUT2D eigenvalue weighted by atomic mass is 10.4. The van der Waals surface area contributed by atoms with Crippen molar-refractivity contribution in [3.05, 3.63) is 24.0 Å². The summed E-state index contributed by atoms with van der Waals surface area (Å²) < 4.78 is 6.90. The van der Waals surface area contributed by atoms with Crippen molar-refractivity contribution in [3.63, 3.8) is 0 Å². The molecule has 102 valence electrons. The zero-order valence-corrected chi connectivity index (χ0v) is 11.2. The first-order valence-corrected chi connectivity index (χ1v) is 5.84. The summed E-state index contributed by atoms with van der Waals surface area (Å²) in [5, 5.41) is 14.0. The van der Waals surface area contributed by atoms with Gasteiger partial charge in [0.1, 0.15) is 24.6 Å². The van der Waals surface area contributed by atoms with Gasteiger partial charge in [0.25, 0.3) is 0 Å². The maximum Gasteiger partial charge on any atom is 0.158 e. The van der Waals surface area contributed by atoms with Gasteiger partial charge in [-0.25, -0.2) is 9.97 Å². The van der Waals surface area contributed by atoms with Gasteiger partial charge in [-0.3, -0.25) is 0 Å². The van der Waals surface area contributed by atoms with Crippen molar-refractivity contribution in [3.8, 4) is 0 Å². The third-order valence-corrected chi connectivity index (χ3v) is 2.53. The quantitative estimate of drug-likeness (QED) is 0.779. The minimum absolute atomic E-state index is 0.369. The van der Waals surface area contributed by atoms with E-state index in [4.69, 9.17) is 4.74 Å². The number of nitrogens with zero attached hydrogens (tertiary/aromatic N) is 5. The number of nitrogens with one attached hydrogen (secondary N) is 2. The van der Waals surface area contributed by atoms with Gasteiger partial charge < -0.3 is 19.9 Å². The number of rotatable bonds is 6. The van der Waals surface area contributed by atoms with Crippen LogP contribution in [0.25, 0.3) is 0 Å². The Labute approximate surface area is 111 Å². The molecule has 8 nitrogen and oxygen atoms in total. The van der Waals surface area contributed by atoms with E-state index in [-0.39, 0.29) is 0 Å². The molecule has 2 rings (SSSR count). The number of hydrogen-bond donors (Lipinski definition) is 2. The fourth-order valence-corrected chi connectivity index (χ4v) is 1.55. The van der Waals surface area contributed by atoms with Gasteiger partial charge in [-0.05, 0) is 0 Å². The largest absolute Gasteiger partial charge is 0.377 e. The van der Waals surface area contributed by atoms with Gasteiger partial charge in [0.05, 0.1) is 6.54 Å². The van der Waals surface area contributed by atoms with E-state index in [1.807, 2.05) is 24.7 Å². The van der Waals surface area contributed by atoms with Gasteiger partial charge in [-0.1, -0.05) is 0 Å². The first-order valence-electron chi connectivity index (χ1n) is 5.84. The van der Waals surface area contributed by atoms with Gasteiger partial charge in [0.2, 0.25) is 0 Å². The van der Waals surface area contributed by atoms with E-state index < -0.39 is 0 Å². The molecule has 2 heterocycles. The van der Waals surface area contributed by atoms with Gasteiger partial charge in [0.15, 0.2) is 11.6 Å². The molecule has 2 aromatic rings. The van der Waals surface area contributed by atoms with E-state index in [2.05, 4.69) is 30.8 Å².